The Balaban J connectivity index is 2.06. The van der Waals surface area contributed by atoms with Crippen LogP contribution in [0, 0.1) is 6.92 Å². The summed E-state index contributed by atoms with van der Waals surface area (Å²) in [7, 11) is -3.34. The molecule has 0 aliphatic heterocycles. The number of pyridine rings is 1. The van der Waals surface area contributed by atoms with E-state index in [9.17, 15) is 13.2 Å². The van der Waals surface area contributed by atoms with Gasteiger partial charge in [-0.15, -0.1) is 0 Å². The molecule has 28 heavy (non-hydrogen) atoms. The average molecular weight is 397 g/mol. The summed E-state index contributed by atoms with van der Waals surface area (Å²) >= 11 is 0. The molecule has 2 N–H and O–H groups in total. The second-order valence-corrected chi connectivity index (χ2v) is 8.28. The molecule has 0 aliphatic carbocycles. The zero-order valence-electron chi connectivity index (χ0n) is 15.6. The van der Waals surface area contributed by atoms with Crippen molar-refractivity contribution >= 4 is 32.9 Å². The Kier molecular flexibility index (Phi) is 5.36. The van der Waals surface area contributed by atoms with Crippen molar-refractivity contribution in [2.45, 2.75) is 18.7 Å². The standard InChI is InChI=1S/C19H19N5O3S/c1-12-9-21-18(11-20-12)16-10-22-19(23-13(2)25)8-17(16)24-14-5-4-6-15(7-14)28(3,26)27/h4-11H,1-3H3,(H2,22,23,24,25). The number of anilines is 3. The third kappa shape index (κ3) is 4.68. The fourth-order valence-corrected chi connectivity index (χ4v) is 3.17. The van der Waals surface area contributed by atoms with Crippen LogP contribution in [0.2, 0.25) is 0 Å². The molecule has 0 fully saturated rings. The van der Waals surface area contributed by atoms with E-state index in [1.807, 2.05) is 6.92 Å². The fourth-order valence-electron chi connectivity index (χ4n) is 2.50. The number of nitrogens with one attached hydrogen (secondary N) is 2. The molecule has 0 radical (unpaired) electrons. The lowest BCUT2D eigenvalue weighted by Gasteiger charge is -2.14. The molecular formula is C19H19N5O3S. The molecule has 0 spiro atoms. The number of sulfone groups is 1. The summed E-state index contributed by atoms with van der Waals surface area (Å²) in [6.45, 7) is 3.23. The second kappa shape index (κ2) is 7.73. The predicted molar refractivity (Wildman–Crippen MR) is 107 cm³/mol. The Morgan fingerprint density at radius 3 is 2.46 bits per heavy atom. The van der Waals surface area contributed by atoms with Gasteiger partial charge in [-0.1, -0.05) is 6.07 Å². The molecule has 3 aromatic rings. The van der Waals surface area contributed by atoms with Crippen molar-refractivity contribution in [2.24, 2.45) is 0 Å². The smallest absolute Gasteiger partial charge is 0.222 e. The number of carbonyl (C=O) groups is 1. The summed E-state index contributed by atoms with van der Waals surface area (Å²) in [5.41, 5.74) is 3.20. The number of hydrogen-bond acceptors (Lipinski definition) is 7. The summed E-state index contributed by atoms with van der Waals surface area (Å²) in [4.78, 5) is 24.4. The van der Waals surface area contributed by atoms with Crippen LogP contribution in [0.15, 0.2) is 53.8 Å². The van der Waals surface area contributed by atoms with E-state index in [1.165, 1.54) is 13.0 Å². The maximum absolute atomic E-state index is 11.8. The van der Waals surface area contributed by atoms with Gasteiger partial charge in [-0.05, 0) is 25.1 Å². The van der Waals surface area contributed by atoms with E-state index in [0.29, 0.717) is 28.5 Å². The number of carbonyl (C=O) groups excluding carboxylic acids is 1. The maximum atomic E-state index is 11.8. The van der Waals surface area contributed by atoms with Gasteiger partial charge >= 0.3 is 0 Å². The lowest BCUT2D eigenvalue weighted by atomic mass is 10.1. The van der Waals surface area contributed by atoms with Crippen molar-refractivity contribution in [2.75, 3.05) is 16.9 Å². The highest BCUT2D eigenvalue weighted by Crippen LogP contribution is 2.31. The summed E-state index contributed by atoms with van der Waals surface area (Å²) in [6, 6.07) is 8.13. The minimum Gasteiger partial charge on any atom is -0.355 e. The topological polar surface area (TPSA) is 114 Å². The minimum absolute atomic E-state index is 0.199. The van der Waals surface area contributed by atoms with Crippen LogP contribution in [0.5, 0.6) is 0 Å². The van der Waals surface area contributed by atoms with Crippen LogP contribution in [-0.2, 0) is 14.6 Å². The number of rotatable bonds is 5. The highest BCUT2D eigenvalue weighted by molar-refractivity contribution is 7.90. The molecule has 0 bridgehead atoms. The SMILES string of the molecule is CC(=O)Nc1cc(Nc2cccc(S(C)(=O)=O)c2)c(-c2cnc(C)cn2)cn1. The molecule has 9 heteroatoms. The van der Waals surface area contributed by atoms with Gasteiger partial charge in [-0.3, -0.25) is 14.8 Å². The molecule has 0 saturated heterocycles. The number of nitrogens with zero attached hydrogens (tertiary/aromatic N) is 3. The van der Waals surface area contributed by atoms with Crippen molar-refractivity contribution in [1.29, 1.82) is 0 Å². The van der Waals surface area contributed by atoms with Crippen molar-refractivity contribution in [3.63, 3.8) is 0 Å². The van der Waals surface area contributed by atoms with Crippen LogP contribution in [0.1, 0.15) is 12.6 Å². The van der Waals surface area contributed by atoms with E-state index in [2.05, 4.69) is 25.6 Å². The molecule has 2 heterocycles. The number of aryl methyl sites for hydroxylation is 1. The highest BCUT2D eigenvalue weighted by Gasteiger charge is 2.12. The van der Waals surface area contributed by atoms with E-state index in [-0.39, 0.29) is 10.8 Å². The second-order valence-electron chi connectivity index (χ2n) is 6.26. The Morgan fingerprint density at radius 2 is 1.82 bits per heavy atom. The largest absolute Gasteiger partial charge is 0.355 e. The van der Waals surface area contributed by atoms with Gasteiger partial charge in [-0.2, -0.15) is 0 Å². The molecule has 0 aliphatic rings. The molecule has 0 atom stereocenters. The first-order chi connectivity index (χ1) is 13.2. The van der Waals surface area contributed by atoms with E-state index in [4.69, 9.17) is 0 Å². The quantitative estimate of drug-likeness (QED) is 0.680. The predicted octanol–water partition coefficient (Wildman–Crippen LogP) is 2.95. The normalized spacial score (nSPS) is 11.1. The van der Waals surface area contributed by atoms with Gasteiger partial charge in [-0.25, -0.2) is 13.4 Å². The third-order valence-electron chi connectivity index (χ3n) is 3.81. The van der Waals surface area contributed by atoms with Crippen LogP contribution in [0.4, 0.5) is 17.2 Å². The van der Waals surface area contributed by atoms with Crippen LogP contribution >= 0.6 is 0 Å². The third-order valence-corrected chi connectivity index (χ3v) is 4.92. The molecule has 0 unspecified atom stereocenters. The summed E-state index contributed by atoms with van der Waals surface area (Å²) in [6.07, 6.45) is 6.00. The van der Waals surface area contributed by atoms with Crippen molar-refractivity contribution in [1.82, 2.24) is 15.0 Å². The summed E-state index contributed by atoms with van der Waals surface area (Å²) < 4.78 is 23.7. The van der Waals surface area contributed by atoms with Crippen molar-refractivity contribution in [3.8, 4) is 11.3 Å². The average Bonchev–Trinajstić information content (AvgIpc) is 2.62. The first-order valence-electron chi connectivity index (χ1n) is 8.36. The molecular weight excluding hydrogens is 378 g/mol. The van der Waals surface area contributed by atoms with Crippen molar-refractivity contribution in [3.05, 3.63) is 54.6 Å². The lowest BCUT2D eigenvalue weighted by Crippen LogP contribution is -2.08. The first kappa shape index (κ1) is 19.4. The Hall–Kier alpha value is -3.33. The maximum Gasteiger partial charge on any atom is 0.222 e. The van der Waals surface area contributed by atoms with Gasteiger partial charge in [0, 0.05) is 42.9 Å². The van der Waals surface area contributed by atoms with Gasteiger partial charge in [0.1, 0.15) is 5.82 Å². The zero-order chi connectivity index (χ0) is 20.3. The Bertz CT molecular complexity index is 1130. The fraction of sp³-hybridized carbons (Fsp3) is 0.158. The summed E-state index contributed by atoms with van der Waals surface area (Å²) in [5, 5.41) is 5.82. The molecule has 144 valence electrons. The van der Waals surface area contributed by atoms with Crippen molar-refractivity contribution < 1.29 is 13.2 Å². The first-order valence-corrected chi connectivity index (χ1v) is 10.3. The highest BCUT2D eigenvalue weighted by atomic mass is 32.2. The number of aromatic nitrogens is 3. The van der Waals surface area contributed by atoms with E-state index in [0.717, 1.165) is 11.9 Å². The van der Waals surface area contributed by atoms with E-state index < -0.39 is 9.84 Å². The Morgan fingerprint density at radius 1 is 1.04 bits per heavy atom. The van der Waals surface area contributed by atoms with Gasteiger partial charge in [0.05, 0.1) is 28.2 Å². The summed E-state index contributed by atoms with van der Waals surface area (Å²) in [5.74, 6) is 0.110. The molecule has 1 amide bonds. The van der Waals surface area contributed by atoms with E-state index >= 15 is 0 Å². The van der Waals surface area contributed by atoms with Gasteiger partial charge in [0.25, 0.3) is 0 Å². The van der Waals surface area contributed by atoms with Crippen LogP contribution in [0.3, 0.4) is 0 Å². The molecule has 0 saturated carbocycles. The molecule has 2 aromatic heterocycles. The van der Waals surface area contributed by atoms with E-state index in [1.54, 1.807) is 42.9 Å². The zero-order valence-corrected chi connectivity index (χ0v) is 16.4. The number of amides is 1. The Labute approximate surface area is 163 Å². The molecule has 3 rings (SSSR count). The van der Waals surface area contributed by atoms with Crippen LogP contribution in [-0.4, -0.2) is 35.5 Å². The van der Waals surface area contributed by atoms with Gasteiger partial charge in [0.2, 0.25) is 5.91 Å². The minimum atomic E-state index is -3.34. The monoisotopic (exact) mass is 397 g/mol. The number of benzene rings is 1. The molecule has 1 aromatic carbocycles. The number of hydrogen-bond donors (Lipinski definition) is 2. The lowest BCUT2D eigenvalue weighted by molar-refractivity contribution is -0.114. The molecule has 8 nitrogen and oxygen atoms in total. The van der Waals surface area contributed by atoms with Gasteiger partial charge in [0.15, 0.2) is 9.84 Å². The van der Waals surface area contributed by atoms with Crippen LogP contribution in [0.25, 0.3) is 11.3 Å². The van der Waals surface area contributed by atoms with Gasteiger partial charge < -0.3 is 10.6 Å². The van der Waals surface area contributed by atoms with Crippen LogP contribution < -0.4 is 10.6 Å².